The van der Waals surface area contributed by atoms with E-state index in [1.807, 2.05) is 16.8 Å². The number of rotatable bonds is 4. The van der Waals surface area contributed by atoms with Crippen LogP contribution in [0.15, 0.2) is 41.0 Å². The Hall–Kier alpha value is -1.62. The first-order valence-corrected chi connectivity index (χ1v) is 7.72. The maximum absolute atomic E-state index is 13.7. The molecule has 0 bridgehead atoms. The van der Waals surface area contributed by atoms with Crippen LogP contribution in [0.5, 0.6) is 0 Å². The Kier molecular flexibility index (Phi) is 3.85. The molecule has 1 aromatic heterocycles. The first kappa shape index (κ1) is 14.3. The molecule has 1 aliphatic carbocycles. The van der Waals surface area contributed by atoms with Gasteiger partial charge in [0.15, 0.2) is 0 Å². The standard InChI is InChI=1S/C16H16BrFN2O/c1-19(9-11-4-2-3-5-14(11)18)16(21)15-8-12(17)10-20(15)13-6-7-13/h2-5,8,10,13H,6-7,9H2,1H3. The number of amides is 1. The van der Waals surface area contributed by atoms with Gasteiger partial charge in [-0.1, -0.05) is 18.2 Å². The van der Waals surface area contributed by atoms with Gasteiger partial charge in [0.1, 0.15) is 11.5 Å². The van der Waals surface area contributed by atoms with Crippen LogP contribution in [0.1, 0.15) is 34.9 Å². The number of hydrogen-bond donors (Lipinski definition) is 0. The van der Waals surface area contributed by atoms with Gasteiger partial charge in [0.25, 0.3) is 5.91 Å². The average molecular weight is 351 g/mol. The summed E-state index contributed by atoms with van der Waals surface area (Å²) in [4.78, 5) is 14.1. The topological polar surface area (TPSA) is 25.2 Å². The number of aromatic nitrogens is 1. The van der Waals surface area contributed by atoms with E-state index in [-0.39, 0.29) is 18.3 Å². The van der Waals surface area contributed by atoms with Crippen LogP contribution in [0.3, 0.4) is 0 Å². The largest absolute Gasteiger partial charge is 0.339 e. The molecular weight excluding hydrogens is 335 g/mol. The quantitative estimate of drug-likeness (QED) is 0.818. The van der Waals surface area contributed by atoms with Crippen molar-refractivity contribution in [1.82, 2.24) is 9.47 Å². The Morgan fingerprint density at radius 3 is 2.81 bits per heavy atom. The molecule has 3 nitrogen and oxygen atoms in total. The predicted octanol–water partition coefficient (Wildman–Crippen LogP) is 4.00. The fourth-order valence-corrected chi connectivity index (χ4v) is 2.86. The van der Waals surface area contributed by atoms with Crippen molar-refractivity contribution in [2.45, 2.75) is 25.4 Å². The zero-order valence-electron chi connectivity index (χ0n) is 11.7. The highest BCUT2D eigenvalue weighted by Gasteiger charge is 2.28. The number of halogens is 2. The molecule has 1 aliphatic rings. The van der Waals surface area contributed by atoms with Crippen LogP contribution in [-0.4, -0.2) is 22.4 Å². The summed E-state index contributed by atoms with van der Waals surface area (Å²) in [5.41, 5.74) is 1.18. The summed E-state index contributed by atoms with van der Waals surface area (Å²) in [5, 5.41) is 0. The van der Waals surface area contributed by atoms with Crippen molar-refractivity contribution in [2.75, 3.05) is 7.05 Å². The van der Waals surface area contributed by atoms with Crippen LogP contribution in [0.4, 0.5) is 4.39 Å². The van der Waals surface area contributed by atoms with Crippen molar-refractivity contribution in [3.63, 3.8) is 0 Å². The SMILES string of the molecule is CN(Cc1ccccc1F)C(=O)c1cc(Br)cn1C1CC1. The van der Waals surface area contributed by atoms with E-state index in [1.54, 1.807) is 30.1 Å². The zero-order chi connectivity index (χ0) is 15.0. The van der Waals surface area contributed by atoms with E-state index < -0.39 is 0 Å². The Morgan fingerprint density at radius 1 is 1.43 bits per heavy atom. The lowest BCUT2D eigenvalue weighted by molar-refractivity contribution is 0.0773. The maximum atomic E-state index is 13.7. The van der Waals surface area contributed by atoms with Gasteiger partial charge < -0.3 is 9.47 Å². The van der Waals surface area contributed by atoms with E-state index in [0.717, 1.165) is 17.3 Å². The van der Waals surface area contributed by atoms with Crippen molar-refractivity contribution in [3.05, 3.63) is 58.1 Å². The highest BCUT2D eigenvalue weighted by atomic mass is 79.9. The van der Waals surface area contributed by atoms with Crippen LogP contribution >= 0.6 is 15.9 Å². The normalized spacial score (nSPS) is 14.2. The fraction of sp³-hybridized carbons (Fsp3) is 0.312. The van der Waals surface area contributed by atoms with E-state index >= 15 is 0 Å². The lowest BCUT2D eigenvalue weighted by atomic mass is 10.2. The van der Waals surface area contributed by atoms with Crippen molar-refractivity contribution in [2.24, 2.45) is 0 Å². The molecule has 0 saturated heterocycles. The molecule has 1 heterocycles. The molecule has 21 heavy (non-hydrogen) atoms. The smallest absolute Gasteiger partial charge is 0.270 e. The van der Waals surface area contributed by atoms with Gasteiger partial charge >= 0.3 is 0 Å². The van der Waals surface area contributed by atoms with Crippen LogP contribution in [0, 0.1) is 5.82 Å². The van der Waals surface area contributed by atoms with Gasteiger partial charge in [-0.3, -0.25) is 4.79 Å². The third-order valence-corrected chi connectivity index (χ3v) is 4.12. The van der Waals surface area contributed by atoms with E-state index in [0.29, 0.717) is 17.3 Å². The second-order valence-corrected chi connectivity index (χ2v) is 6.35. The van der Waals surface area contributed by atoms with E-state index in [4.69, 9.17) is 0 Å². The van der Waals surface area contributed by atoms with Gasteiger partial charge in [0, 0.05) is 35.9 Å². The van der Waals surface area contributed by atoms with Gasteiger partial charge in [-0.15, -0.1) is 0 Å². The second-order valence-electron chi connectivity index (χ2n) is 5.43. The Balaban J connectivity index is 1.80. The molecule has 0 spiro atoms. The predicted molar refractivity (Wildman–Crippen MR) is 82.6 cm³/mol. The second kappa shape index (κ2) is 5.64. The highest BCUT2D eigenvalue weighted by molar-refractivity contribution is 9.10. The van der Waals surface area contributed by atoms with Crippen LogP contribution in [0.25, 0.3) is 0 Å². The van der Waals surface area contributed by atoms with Gasteiger partial charge in [-0.25, -0.2) is 4.39 Å². The van der Waals surface area contributed by atoms with E-state index in [2.05, 4.69) is 15.9 Å². The molecule has 1 saturated carbocycles. The Morgan fingerprint density at radius 2 is 2.14 bits per heavy atom. The van der Waals surface area contributed by atoms with Crippen LogP contribution in [-0.2, 0) is 6.54 Å². The number of hydrogen-bond acceptors (Lipinski definition) is 1. The van der Waals surface area contributed by atoms with Crippen LogP contribution < -0.4 is 0 Å². The molecule has 0 atom stereocenters. The maximum Gasteiger partial charge on any atom is 0.270 e. The molecule has 0 unspecified atom stereocenters. The Bertz CT molecular complexity index is 679. The molecule has 1 fully saturated rings. The van der Waals surface area contributed by atoms with E-state index in [1.165, 1.54) is 6.07 Å². The van der Waals surface area contributed by atoms with E-state index in [9.17, 15) is 9.18 Å². The third kappa shape index (κ3) is 3.02. The van der Waals surface area contributed by atoms with Gasteiger partial charge in [-0.05, 0) is 40.9 Å². The molecule has 0 N–H and O–H groups in total. The average Bonchev–Trinajstić information content (AvgIpc) is 3.23. The van der Waals surface area contributed by atoms with Crippen molar-refractivity contribution in [3.8, 4) is 0 Å². The monoisotopic (exact) mass is 350 g/mol. The minimum Gasteiger partial charge on any atom is -0.339 e. The molecule has 1 amide bonds. The summed E-state index contributed by atoms with van der Waals surface area (Å²) in [6.07, 6.45) is 4.17. The van der Waals surface area contributed by atoms with Crippen LogP contribution in [0.2, 0.25) is 0 Å². The number of carbonyl (C=O) groups is 1. The summed E-state index contributed by atoms with van der Waals surface area (Å²) >= 11 is 3.42. The highest BCUT2D eigenvalue weighted by Crippen LogP contribution is 2.37. The lowest BCUT2D eigenvalue weighted by Crippen LogP contribution is -2.28. The van der Waals surface area contributed by atoms with Gasteiger partial charge in [0.05, 0.1) is 0 Å². The Labute approximate surface area is 131 Å². The molecule has 5 heteroatoms. The van der Waals surface area contributed by atoms with Gasteiger partial charge in [0.2, 0.25) is 0 Å². The molecule has 3 rings (SSSR count). The number of carbonyl (C=O) groups excluding carboxylic acids is 1. The summed E-state index contributed by atoms with van der Waals surface area (Å²) in [7, 11) is 1.70. The molecule has 0 radical (unpaired) electrons. The molecular formula is C16H16BrFN2O. The lowest BCUT2D eigenvalue weighted by Gasteiger charge is -2.18. The summed E-state index contributed by atoms with van der Waals surface area (Å²) < 4.78 is 16.6. The molecule has 2 aromatic rings. The summed E-state index contributed by atoms with van der Waals surface area (Å²) in [6, 6.07) is 8.80. The molecule has 110 valence electrons. The first-order valence-electron chi connectivity index (χ1n) is 6.92. The van der Waals surface area contributed by atoms with Crippen molar-refractivity contribution >= 4 is 21.8 Å². The summed E-state index contributed by atoms with van der Waals surface area (Å²) in [5.74, 6) is -0.369. The first-order chi connectivity index (χ1) is 10.1. The molecule has 1 aromatic carbocycles. The molecule has 0 aliphatic heterocycles. The minimum absolute atomic E-state index is 0.0872. The summed E-state index contributed by atoms with van der Waals surface area (Å²) in [6.45, 7) is 0.263. The zero-order valence-corrected chi connectivity index (χ0v) is 13.3. The third-order valence-electron chi connectivity index (χ3n) is 3.69. The van der Waals surface area contributed by atoms with Crippen molar-refractivity contribution < 1.29 is 9.18 Å². The number of nitrogens with zero attached hydrogens (tertiary/aromatic N) is 2. The minimum atomic E-state index is -0.282. The number of benzene rings is 1. The van der Waals surface area contributed by atoms with Gasteiger partial charge in [-0.2, -0.15) is 0 Å². The fourth-order valence-electron chi connectivity index (χ4n) is 2.42. The van der Waals surface area contributed by atoms with Crippen molar-refractivity contribution in [1.29, 1.82) is 0 Å².